The van der Waals surface area contributed by atoms with Crippen molar-refractivity contribution in [1.29, 1.82) is 0 Å². The average molecular weight is 562 g/mol. The van der Waals surface area contributed by atoms with E-state index in [-0.39, 0.29) is 30.2 Å². The molecule has 0 radical (unpaired) electrons. The minimum Gasteiger partial charge on any atom is -0.413 e. The minimum absolute atomic E-state index is 0.0301. The summed E-state index contributed by atoms with van der Waals surface area (Å²) in [6.07, 6.45) is 2.66. The van der Waals surface area contributed by atoms with Crippen molar-refractivity contribution in [2.45, 2.75) is 62.5 Å². The fourth-order valence-corrected chi connectivity index (χ4v) is 5.61. The number of benzene rings is 2. The number of piperidine rings is 1. The molecule has 0 aliphatic carbocycles. The van der Waals surface area contributed by atoms with Gasteiger partial charge in [0.05, 0.1) is 4.90 Å². The van der Waals surface area contributed by atoms with E-state index in [1.807, 2.05) is 31.2 Å². The van der Waals surface area contributed by atoms with Crippen molar-refractivity contribution < 1.29 is 27.5 Å². The highest BCUT2D eigenvalue weighted by molar-refractivity contribution is 7.89. The predicted octanol–water partition coefficient (Wildman–Crippen LogP) is 2.19. The number of rotatable bonds is 13. The Morgan fingerprint density at radius 2 is 1.74 bits per heavy atom. The van der Waals surface area contributed by atoms with Crippen molar-refractivity contribution in [2.75, 3.05) is 26.2 Å². The lowest BCUT2D eigenvalue weighted by Crippen LogP contribution is -2.61. The van der Waals surface area contributed by atoms with Crippen LogP contribution in [0.4, 0.5) is 4.79 Å². The van der Waals surface area contributed by atoms with Gasteiger partial charge in [-0.15, -0.1) is 0 Å². The first-order valence-electron chi connectivity index (χ1n) is 13.3. The molecule has 0 spiro atoms. The molecule has 2 atom stereocenters. The normalized spacial score (nSPS) is 16.3. The van der Waals surface area contributed by atoms with Crippen LogP contribution in [0.5, 0.6) is 0 Å². The van der Waals surface area contributed by atoms with E-state index in [0.29, 0.717) is 32.5 Å². The van der Waals surface area contributed by atoms with Crippen molar-refractivity contribution >= 4 is 38.7 Å². The molecular weight excluding hydrogens is 522 g/mol. The second kappa shape index (κ2) is 13.7. The van der Waals surface area contributed by atoms with Crippen LogP contribution in [0, 0.1) is 5.92 Å². The van der Waals surface area contributed by atoms with Gasteiger partial charge in [-0.3, -0.25) is 9.59 Å². The standard InChI is InChI=1S/C27H39N5O6S/c1-20(12-15-28)11-14-27(25(29)34,38-26(35)32-17-5-2-6-18-32)31-24(33)13-16-30-39(36,37)23-10-9-21-7-3-4-8-22(21)19-23/h3-4,7-10,19-20,30H,2,5-6,11-18,28H2,1H3,(H2,29,34)(H,31,33)/t20?,27-/m0/s1. The van der Waals surface area contributed by atoms with E-state index in [1.54, 1.807) is 12.1 Å². The Morgan fingerprint density at radius 3 is 2.41 bits per heavy atom. The Labute approximate surface area is 229 Å². The molecule has 3 amide bonds. The summed E-state index contributed by atoms with van der Waals surface area (Å²) in [6.45, 7) is 3.12. The first kappa shape index (κ1) is 30.3. The summed E-state index contributed by atoms with van der Waals surface area (Å²) >= 11 is 0. The Hall–Kier alpha value is -3.22. The fourth-order valence-electron chi connectivity index (χ4n) is 4.55. The third-order valence-electron chi connectivity index (χ3n) is 6.94. The lowest BCUT2D eigenvalue weighted by atomic mass is 9.95. The zero-order chi connectivity index (χ0) is 28.5. The van der Waals surface area contributed by atoms with Crippen LogP contribution < -0.4 is 21.5 Å². The SMILES string of the molecule is CC(CCN)CC[C@](NC(=O)CCNS(=O)(=O)c1ccc2ccccc2c1)(OC(=O)N1CCCCC1)C(N)=O. The molecule has 11 nitrogen and oxygen atoms in total. The van der Waals surface area contributed by atoms with Gasteiger partial charge in [0.25, 0.3) is 11.6 Å². The lowest BCUT2D eigenvalue weighted by Gasteiger charge is -2.35. The summed E-state index contributed by atoms with van der Waals surface area (Å²) in [5.74, 6) is -1.60. The van der Waals surface area contributed by atoms with Crippen LogP contribution in [0.2, 0.25) is 0 Å². The zero-order valence-electron chi connectivity index (χ0n) is 22.4. The van der Waals surface area contributed by atoms with Crippen LogP contribution in [-0.2, 0) is 24.3 Å². The van der Waals surface area contributed by atoms with Crippen LogP contribution in [0.25, 0.3) is 10.8 Å². The molecule has 3 rings (SSSR count). The highest BCUT2D eigenvalue weighted by Crippen LogP contribution is 2.23. The zero-order valence-corrected chi connectivity index (χ0v) is 23.2. The number of fused-ring (bicyclic) bond motifs is 1. The smallest absolute Gasteiger partial charge is 0.412 e. The molecule has 1 aliphatic rings. The third kappa shape index (κ3) is 8.38. The first-order chi connectivity index (χ1) is 18.6. The predicted molar refractivity (Wildman–Crippen MR) is 148 cm³/mol. The van der Waals surface area contributed by atoms with E-state index < -0.39 is 33.7 Å². The Balaban J connectivity index is 1.68. The van der Waals surface area contributed by atoms with Crippen molar-refractivity contribution in [2.24, 2.45) is 17.4 Å². The molecule has 1 heterocycles. The molecule has 6 N–H and O–H groups in total. The third-order valence-corrected chi connectivity index (χ3v) is 8.40. The highest BCUT2D eigenvalue weighted by Gasteiger charge is 2.43. The van der Waals surface area contributed by atoms with E-state index in [2.05, 4.69) is 10.0 Å². The van der Waals surface area contributed by atoms with Crippen molar-refractivity contribution in [1.82, 2.24) is 14.9 Å². The average Bonchev–Trinajstić information content (AvgIpc) is 2.91. The van der Waals surface area contributed by atoms with Gasteiger partial charge in [0.2, 0.25) is 15.9 Å². The number of amides is 3. The number of hydrogen-bond donors (Lipinski definition) is 4. The summed E-state index contributed by atoms with van der Waals surface area (Å²) in [7, 11) is -3.89. The summed E-state index contributed by atoms with van der Waals surface area (Å²) < 4.78 is 33.6. The molecule has 214 valence electrons. The molecule has 2 aromatic rings. The number of sulfonamides is 1. The number of carbonyl (C=O) groups is 3. The maximum Gasteiger partial charge on any atom is 0.412 e. The number of likely N-dealkylation sites (tertiary alicyclic amines) is 1. The second-order valence-electron chi connectivity index (χ2n) is 10.0. The molecular formula is C27H39N5O6S. The van der Waals surface area contributed by atoms with Crippen LogP contribution in [0.15, 0.2) is 47.4 Å². The monoisotopic (exact) mass is 561 g/mol. The van der Waals surface area contributed by atoms with Gasteiger partial charge in [-0.25, -0.2) is 17.9 Å². The Bertz CT molecular complexity index is 1260. The van der Waals surface area contributed by atoms with Gasteiger partial charge in [-0.05, 0) is 67.5 Å². The largest absolute Gasteiger partial charge is 0.413 e. The first-order valence-corrected chi connectivity index (χ1v) is 14.8. The lowest BCUT2D eigenvalue weighted by molar-refractivity contribution is -0.149. The van der Waals surface area contributed by atoms with Gasteiger partial charge >= 0.3 is 6.09 Å². The summed E-state index contributed by atoms with van der Waals surface area (Å²) in [5.41, 5.74) is 9.27. The van der Waals surface area contributed by atoms with Crippen LogP contribution in [0.1, 0.15) is 51.9 Å². The molecule has 12 heteroatoms. The molecule has 1 saturated heterocycles. The van der Waals surface area contributed by atoms with Crippen molar-refractivity contribution in [3.05, 3.63) is 42.5 Å². The van der Waals surface area contributed by atoms with E-state index in [0.717, 1.165) is 30.0 Å². The molecule has 1 aliphatic heterocycles. The molecule has 0 saturated carbocycles. The molecule has 2 aromatic carbocycles. The summed E-state index contributed by atoms with van der Waals surface area (Å²) in [5, 5.41) is 4.17. The van der Waals surface area contributed by atoms with Crippen LogP contribution in [-0.4, -0.2) is 63.1 Å². The number of primary amides is 1. The summed E-state index contributed by atoms with van der Waals surface area (Å²) in [6, 6.07) is 12.1. The van der Waals surface area contributed by atoms with Gasteiger partial charge in [-0.1, -0.05) is 37.3 Å². The van der Waals surface area contributed by atoms with Gasteiger partial charge in [0.1, 0.15) is 0 Å². The van der Waals surface area contributed by atoms with Crippen molar-refractivity contribution in [3.63, 3.8) is 0 Å². The van der Waals surface area contributed by atoms with Crippen LogP contribution >= 0.6 is 0 Å². The van der Waals surface area contributed by atoms with E-state index >= 15 is 0 Å². The van der Waals surface area contributed by atoms with Gasteiger partial charge < -0.3 is 26.4 Å². The van der Waals surface area contributed by atoms with E-state index in [1.165, 1.54) is 11.0 Å². The maximum atomic E-state index is 12.9. The maximum absolute atomic E-state index is 12.9. The fraction of sp³-hybridized carbons (Fsp3) is 0.519. The van der Waals surface area contributed by atoms with Gasteiger partial charge in [0, 0.05) is 32.5 Å². The topological polar surface area (TPSA) is 174 Å². The molecule has 1 unspecified atom stereocenters. The van der Waals surface area contributed by atoms with E-state index in [4.69, 9.17) is 16.2 Å². The Kier molecular flexibility index (Phi) is 10.7. The minimum atomic E-state index is -3.89. The number of nitrogens with two attached hydrogens (primary N) is 2. The Morgan fingerprint density at radius 1 is 1.05 bits per heavy atom. The van der Waals surface area contributed by atoms with E-state index in [9.17, 15) is 22.8 Å². The molecule has 0 bridgehead atoms. The second-order valence-corrected chi connectivity index (χ2v) is 11.8. The van der Waals surface area contributed by atoms with Crippen LogP contribution in [0.3, 0.4) is 0 Å². The molecule has 1 fully saturated rings. The number of ether oxygens (including phenoxy) is 1. The molecule has 39 heavy (non-hydrogen) atoms. The highest BCUT2D eigenvalue weighted by atomic mass is 32.2. The van der Waals surface area contributed by atoms with Crippen molar-refractivity contribution in [3.8, 4) is 0 Å². The quantitative estimate of drug-likeness (QED) is 0.271. The number of nitrogens with zero attached hydrogens (tertiary/aromatic N) is 1. The van der Waals surface area contributed by atoms with Gasteiger partial charge in [0.15, 0.2) is 0 Å². The van der Waals surface area contributed by atoms with Gasteiger partial charge in [-0.2, -0.15) is 0 Å². The number of carbonyl (C=O) groups excluding carboxylic acids is 3. The number of hydrogen-bond acceptors (Lipinski definition) is 7. The summed E-state index contributed by atoms with van der Waals surface area (Å²) in [4.78, 5) is 40.0. The number of nitrogens with one attached hydrogen (secondary N) is 2. The molecule has 0 aromatic heterocycles.